The number of hydrogen-bond acceptors (Lipinski definition) is 4. The molecule has 5 nitrogen and oxygen atoms in total. The van der Waals surface area contributed by atoms with Crippen LogP contribution in [0.2, 0.25) is 0 Å². The molecule has 1 aliphatic heterocycles. The number of ether oxygens (including phenoxy) is 2. The lowest BCUT2D eigenvalue weighted by molar-refractivity contribution is -0.120. The van der Waals surface area contributed by atoms with E-state index < -0.39 is 24.2 Å². The second-order valence-corrected chi connectivity index (χ2v) is 4.09. The van der Waals surface area contributed by atoms with Crippen LogP contribution >= 0.6 is 12.4 Å². The minimum atomic E-state index is -3.10. The summed E-state index contributed by atoms with van der Waals surface area (Å²) < 4.78 is 46.5. The largest absolute Gasteiger partial charge is 0.432 e. The summed E-state index contributed by atoms with van der Waals surface area (Å²) in [5.41, 5.74) is 0.154. The predicted molar refractivity (Wildman–Crippen MR) is 71.5 cm³/mol. The van der Waals surface area contributed by atoms with Crippen molar-refractivity contribution in [3.05, 3.63) is 24.0 Å². The third-order valence-electron chi connectivity index (χ3n) is 2.65. The summed E-state index contributed by atoms with van der Waals surface area (Å²) in [7, 11) is 0. The molecule has 0 aromatic heterocycles. The Morgan fingerprint density at radius 2 is 2.24 bits per heavy atom. The Balaban J connectivity index is 0.00000220. The smallest absolute Gasteiger partial charge is 0.387 e. The monoisotopic (exact) mass is 326 g/mol. The van der Waals surface area contributed by atoms with Crippen molar-refractivity contribution in [2.45, 2.75) is 12.7 Å². The Bertz CT molecular complexity index is 485. The molecule has 1 unspecified atom stereocenters. The summed E-state index contributed by atoms with van der Waals surface area (Å²) in [6.07, 6.45) is 0. The van der Waals surface area contributed by atoms with Gasteiger partial charge in [-0.25, -0.2) is 4.39 Å². The average molecular weight is 327 g/mol. The summed E-state index contributed by atoms with van der Waals surface area (Å²) >= 11 is 0. The maximum atomic E-state index is 13.5. The molecular weight excluding hydrogens is 313 g/mol. The minimum Gasteiger partial charge on any atom is -0.432 e. The maximum absolute atomic E-state index is 13.5. The molecule has 1 heterocycles. The number of hydrogen-bond donors (Lipinski definition) is 2. The van der Waals surface area contributed by atoms with Gasteiger partial charge in [0, 0.05) is 18.3 Å². The lowest BCUT2D eigenvalue weighted by Gasteiger charge is -2.22. The van der Waals surface area contributed by atoms with Gasteiger partial charge >= 0.3 is 6.61 Å². The summed E-state index contributed by atoms with van der Waals surface area (Å²) in [4.78, 5) is 11.8. The Hall–Kier alpha value is -1.51. The molecule has 2 N–H and O–H groups in total. The Kier molecular flexibility index (Phi) is 6.73. The standard InChI is InChI=1S/C12H13F3N2O3.ClH/c13-8-5-7(1-2-10(8)20-12(14)15)17-11(18)9-6-19-4-3-16-9;/h1-2,5,9,12,16H,3-4,6H2,(H,17,18);1H. The molecule has 0 bridgehead atoms. The zero-order valence-corrected chi connectivity index (χ0v) is 11.6. The van der Waals surface area contributed by atoms with Crippen LogP contribution in [0.15, 0.2) is 18.2 Å². The van der Waals surface area contributed by atoms with Crippen molar-refractivity contribution in [1.29, 1.82) is 0 Å². The number of benzene rings is 1. The fraction of sp³-hybridized carbons (Fsp3) is 0.417. The Morgan fingerprint density at radius 3 is 2.81 bits per heavy atom. The first-order chi connectivity index (χ1) is 9.56. The number of alkyl halides is 2. The van der Waals surface area contributed by atoms with Crippen LogP contribution in [0.25, 0.3) is 0 Å². The highest BCUT2D eigenvalue weighted by atomic mass is 35.5. The summed E-state index contributed by atoms with van der Waals surface area (Å²) in [6, 6.07) is 2.70. The third kappa shape index (κ3) is 5.07. The van der Waals surface area contributed by atoms with Crippen LogP contribution in [0.4, 0.5) is 18.9 Å². The van der Waals surface area contributed by atoms with Gasteiger partial charge in [0.2, 0.25) is 5.91 Å². The topological polar surface area (TPSA) is 59.6 Å². The van der Waals surface area contributed by atoms with Crippen LogP contribution in [-0.2, 0) is 9.53 Å². The fourth-order valence-electron chi connectivity index (χ4n) is 1.73. The van der Waals surface area contributed by atoms with Crippen LogP contribution in [0.1, 0.15) is 0 Å². The SMILES string of the molecule is Cl.O=C(Nc1ccc(OC(F)F)c(F)c1)C1COCCN1. The van der Waals surface area contributed by atoms with Gasteiger partial charge in [-0.3, -0.25) is 4.79 Å². The first kappa shape index (κ1) is 17.5. The van der Waals surface area contributed by atoms with Gasteiger partial charge in [0.15, 0.2) is 11.6 Å². The predicted octanol–water partition coefficient (Wildman–Crippen LogP) is 1.78. The number of rotatable bonds is 4. The number of anilines is 1. The van der Waals surface area contributed by atoms with Crippen LogP contribution in [0, 0.1) is 5.82 Å². The van der Waals surface area contributed by atoms with E-state index in [1.165, 1.54) is 6.07 Å². The molecule has 0 saturated carbocycles. The number of halogens is 4. The second kappa shape index (κ2) is 8.06. The van der Waals surface area contributed by atoms with Crippen molar-refractivity contribution in [3.63, 3.8) is 0 Å². The average Bonchev–Trinajstić information content (AvgIpc) is 2.42. The Labute approximate surface area is 125 Å². The van der Waals surface area contributed by atoms with Gasteiger partial charge in [0.25, 0.3) is 0 Å². The highest BCUT2D eigenvalue weighted by Crippen LogP contribution is 2.22. The molecule has 2 rings (SSSR count). The van der Waals surface area contributed by atoms with Gasteiger partial charge in [-0.15, -0.1) is 12.4 Å². The molecule has 0 aliphatic carbocycles. The van der Waals surface area contributed by atoms with Gasteiger partial charge in [-0.2, -0.15) is 8.78 Å². The molecule has 21 heavy (non-hydrogen) atoms. The number of carbonyl (C=O) groups excluding carboxylic acids is 1. The van der Waals surface area contributed by atoms with Gasteiger partial charge in [-0.1, -0.05) is 0 Å². The molecule has 1 atom stereocenters. The van der Waals surface area contributed by atoms with E-state index >= 15 is 0 Å². The van der Waals surface area contributed by atoms with E-state index in [4.69, 9.17) is 4.74 Å². The third-order valence-corrected chi connectivity index (χ3v) is 2.65. The van der Waals surface area contributed by atoms with Crippen LogP contribution in [-0.4, -0.2) is 38.3 Å². The lowest BCUT2D eigenvalue weighted by Crippen LogP contribution is -2.48. The van der Waals surface area contributed by atoms with Crippen molar-refractivity contribution < 1.29 is 27.4 Å². The molecule has 1 fully saturated rings. The minimum absolute atomic E-state index is 0. The number of amides is 1. The summed E-state index contributed by atoms with van der Waals surface area (Å²) in [5, 5.41) is 5.41. The zero-order chi connectivity index (χ0) is 14.5. The summed E-state index contributed by atoms with van der Waals surface area (Å²) in [6.45, 7) is -1.81. The van der Waals surface area contributed by atoms with Crippen molar-refractivity contribution in [3.8, 4) is 5.75 Å². The van der Waals surface area contributed by atoms with E-state index in [0.29, 0.717) is 13.2 Å². The van der Waals surface area contributed by atoms with Gasteiger partial charge < -0.3 is 20.1 Å². The molecule has 1 aliphatic rings. The van der Waals surface area contributed by atoms with E-state index in [1.807, 2.05) is 0 Å². The molecule has 0 spiro atoms. The molecule has 1 aromatic rings. The van der Waals surface area contributed by atoms with Crippen molar-refractivity contribution in [2.24, 2.45) is 0 Å². The summed E-state index contributed by atoms with van der Waals surface area (Å²) in [5.74, 6) is -1.93. The molecule has 1 amide bonds. The Morgan fingerprint density at radius 1 is 1.48 bits per heavy atom. The normalized spacial score (nSPS) is 18.0. The number of nitrogens with one attached hydrogen (secondary N) is 2. The van der Waals surface area contributed by atoms with Crippen molar-refractivity contribution >= 4 is 24.0 Å². The van der Waals surface area contributed by atoms with Crippen molar-refractivity contribution in [1.82, 2.24) is 5.32 Å². The lowest BCUT2D eigenvalue weighted by atomic mass is 10.2. The van der Waals surface area contributed by atoms with E-state index in [-0.39, 0.29) is 30.6 Å². The van der Waals surface area contributed by atoms with E-state index in [1.54, 1.807) is 0 Å². The first-order valence-electron chi connectivity index (χ1n) is 5.92. The van der Waals surface area contributed by atoms with Gasteiger partial charge in [0.1, 0.15) is 6.04 Å². The quantitative estimate of drug-likeness (QED) is 0.885. The van der Waals surface area contributed by atoms with E-state index in [2.05, 4.69) is 15.4 Å². The number of carbonyl (C=O) groups is 1. The fourth-order valence-corrected chi connectivity index (χ4v) is 1.73. The van der Waals surface area contributed by atoms with Crippen LogP contribution in [0.3, 0.4) is 0 Å². The second-order valence-electron chi connectivity index (χ2n) is 4.09. The van der Waals surface area contributed by atoms with Crippen molar-refractivity contribution in [2.75, 3.05) is 25.1 Å². The van der Waals surface area contributed by atoms with Gasteiger partial charge in [-0.05, 0) is 12.1 Å². The van der Waals surface area contributed by atoms with Crippen LogP contribution in [0.5, 0.6) is 5.75 Å². The zero-order valence-electron chi connectivity index (χ0n) is 10.8. The molecule has 0 radical (unpaired) electrons. The van der Waals surface area contributed by atoms with E-state index in [0.717, 1.165) is 12.1 Å². The molecular formula is C12H14ClF3N2O3. The van der Waals surface area contributed by atoms with Crippen LogP contribution < -0.4 is 15.4 Å². The molecule has 1 aromatic carbocycles. The highest BCUT2D eigenvalue weighted by Gasteiger charge is 2.21. The molecule has 118 valence electrons. The van der Waals surface area contributed by atoms with Gasteiger partial charge in [0.05, 0.1) is 13.2 Å². The van der Waals surface area contributed by atoms with E-state index in [9.17, 15) is 18.0 Å². The molecule has 1 saturated heterocycles. The number of morpholine rings is 1. The first-order valence-corrected chi connectivity index (χ1v) is 5.92. The maximum Gasteiger partial charge on any atom is 0.387 e. The highest BCUT2D eigenvalue weighted by molar-refractivity contribution is 5.95. The molecule has 9 heteroatoms.